The van der Waals surface area contributed by atoms with Gasteiger partial charge in [-0.3, -0.25) is 0 Å². The van der Waals surface area contributed by atoms with E-state index in [-0.39, 0.29) is 6.04 Å². The molecule has 1 aromatic carbocycles. The second kappa shape index (κ2) is 6.91. The molecular weight excluding hydrogens is 258 g/mol. The molecule has 1 rings (SSSR count). The number of nitrogens with zero attached hydrogens (tertiary/aromatic N) is 2. The standard InChI is InChI=1S/C14H25N3OS/c1-5-11-17(4)19(18,16-12(3)6-2)14-9-7-13(15)8-10-14/h7-10,12H,5-6,11,15H2,1-4H3. The van der Waals surface area contributed by atoms with E-state index in [9.17, 15) is 4.21 Å². The Morgan fingerprint density at radius 1 is 1.32 bits per heavy atom. The van der Waals surface area contributed by atoms with Gasteiger partial charge >= 0.3 is 0 Å². The molecule has 1 aromatic rings. The van der Waals surface area contributed by atoms with Crippen molar-refractivity contribution in [2.75, 3.05) is 19.3 Å². The minimum atomic E-state index is -2.53. The molecular formula is C14H25N3OS. The third-order valence-electron chi connectivity index (χ3n) is 3.06. The molecule has 0 heterocycles. The lowest BCUT2D eigenvalue weighted by atomic mass is 10.3. The molecule has 2 atom stereocenters. The summed E-state index contributed by atoms with van der Waals surface area (Å²) in [5.74, 6) is 0. The summed E-state index contributed by atoms with van der Waals surface area (Å²) in [6, 6.07) is 7.26. The molecule has 19 heavy (non-hydrogen) atoms. The third kappa shape index (κ3) is 3.94. The van der Waals surface area contributed by atoms with Crippen molar-refractivity contribution in [2.24, 2.45) is 4.36 Å². The molecule has 0 fully saturated rings. The van der Waals surface area contributed by atoms with Gasteiger partial charge in [-0.05, 0) is 44.0 Å². The lowest BCUT2D eigenvalue weighted by Crippen LogP contribution is -2.28. The Kier molecular flexibility index (Phi) is 5.82. The van der Waals surface area contributed by atoms with Gasteiger partial charge in [-0.1, -0.05) is 13.8 Å². The van der Waals surface area contributed by atoms with E-state index < -0.39 is 9.92 Å². The van der Waals surface area contributed by atoms with E-state index in [1.165, 1.54) is 0 Å². The molecule has 4 nitrogen and oxygen atoms in total. The molecule has 0 radical (unpaired) electrons. The number of rotatable bonds is 6. The zero-order valence-corrected chi connectivity index (χ0v) is 13.1. The van der Waals surface area contributed by atoms with Crippen molar-refractivity contribution in [2.45, 2.75) is 44.6 Å². The highest BCUT2D eigenvalue weighted by Gasteiger charge is 2.19. The maximum atomic E-state index is 13.3. The van der Waals surface area contributed by atoms with Gasteiger partial charge in [0, 0.05) is 19.3 Å². The quantitative estimate of drug-likeness (QED) is 0.815. The van der Waals surface area contributed by atoms with Gasteiger partial charge in [0.1, 0.15) is 9.92 Å². The second-order valence-electron chi connectivity index (χ2n) is 4.78. The van der Waals surface area contributed by atoms with Crippen LogP contribution < -0.4 is 5.73 Å². The average Bonchev–Trinajstić information content (AvgIpc) is 2.39. The van der Waals surface area contributed by atoms with Crippen LogP contribution in [0.4, 0.5) is 5.69 Å². The van der Waals surface area contributed by atoms with E-state index in [2.05, 4.69) is 18.2 Å². The van der Waals surface area contributed by atoms with E-state index in [0.717, 1.165) is 24.3 Å². The molecule has 0 saturated heterocycles. The van der Waals surface area contributed by atoms with Crippen molar-refractivity contribution in [3.8, 4) is 0 Å². The Hall–Kier alpha value is -1.07. The summed E-state index contributed by atoms with van der Waals surface area (Å²) in [6.45, 7) is 6.87. The molecule has 108 valence electrons. The van der Waals surface area contributed by atoms with Gasteiger partial charge in [0.15, 0.2) is 0 Å². The summed E-state index contributed by atoms with van der Waals surface area (Å²) in [7, 11) is -0.665. The van der Waals surface area contributed by atoms with E-state index in [4.69, 9.17) is 5.73 Å². The van der Waals surface area contributed by atoms with Gasteiger partial charge < -0.3 is 5.73 Å². The van der Waals surface area contributed by atoms with Gasteiger partial charge in [-0.2, -0.15) is 0 Å². The zero-order valence-electron chi connectivity index (χ0n) is 12.3. The third-order valence-corrected chi connectivity index (χ3v) is 5.62. The molecule has 0 bridgehead atoms. The highest BCUT2D eigenvalue weighted by Crippen LogP contribution is 2.20. The lowest BCUT2D eigenvalue weighted by molar-refractivity contribution is 0.506. The SMILES string of the molecule is CCCN(C)S(=O)(=NC(C)CC)c1ccc(N)cc1. The number of hydrogen-bond acceptors (Lipinski definition) is 3. The van der Waals surface area contributed by atoms with Crippen LogP contribution in [0.2, 0.25) is 0 Å². The van der Waals surface area contributed by atoms with E-state index in [1.54, 1.807) is 12.1 Å². The fourth-order valence-electron chi connectivity index (χ4n) is 1.72. The maximum Gasteiger partial charge on any atom is 0.139 e. The van der Waals surface area contributed by atoms with Crippen molar-refractivity contribution >= 4 is 15.6 Å². The fraction of sp³-hybridized carbons (Fsp3) is 0.571. The van der Waals surface area contributed by atoms with E-state index >= 15 is 0 Å². The molecule has 0 aliphatic heterocycles. The Balaban J connectivity index is 3.30. The first kappa shape index (κ1) is 16.0. The summed E-state index contributed by atoms with van der Waals surface area (Å²) in [5.41, 5.74) is 6.37. The zero-order chi connectivity index (χ0) is 14.5. The highest BCUT2D eigenvalue weighted by molar-refractivity contribution is 7.91. The van der Waals surface area contributed by atoms with Crippen LogP contribution in [0.1, 0.15) is 33.6 Å². The number of hydrogen-bond donors (Lipinski definition) is 1. The molecule has 0 spiro atoms. The van der Waals surface area contributed by atoms with Crippen molar-refractivity contribution in [3.05, 3.63) is 24.3 Å². The number of benzene rings is 1. The smallest absolute Gasteiger partial charge is 0.139 e. The summed E-state index contributed by atoms with van der Waals surface area (Å²) in [4.78, 5) is 0.734. The Morgan fingerprint density at radius 2 is 1.89 bits per heavy atom. The first-order valence-electron chi connectivity index (χ1n) is 6.77. The maximum absolute atomic E-state index is 13.3. The Morgan fingerprint density at radius 3 is 2.37 bits per heavy atom. The van der Waals surface area contributed by atoms with E-state index in [0.29, 0.717) is 5.69 Å². The molecule has 0 aromatic heterocycles. The topological polar surface area (TPSA) is 58.7 Å². The van der Waals surface area contributed by atoms with Gasteiger partial charge in [-0.15, -0.1) is 0 Å². The van der Waals surface area contributed by atoms with Crippen LogP contribution >= 0.6 is 0 Å². The number of nitrogen functional groups attached to an aromatic ring is 1. The minimum absolute atomic E-state index is 0.0735. The van der Waals surface area contributed by atoms with Crippen molar-refractivity contribution < 1.29 is 4.21 Å². The van der Waals surface area contributed by atoms with Crippen LogP contribution in [0.25, 0.3) is 0 Å². The minimum Gasteiger partial charge on any atom is -0.399 e. The predicted octanol–water partition coefficient (Wildman–Crippen LogP) is 3.15. The molecule has 0 aliphatic rings. The largest absolute Gasteiger partial charge is 0.399 e. The summed E-state index contributed by atoms with van der Waals surface area (Å²) in [5, 5.41) is 0. The van der Waals surface area contributed by atoms with Crippen molar-refractivity contribution in [3.63, 3.8) is 0 Å². The van der Waals surface area contributed by atoms with Crippen molar-refractivity contribution in [1.29, 1.82) is 0 Å². The van der Waals surface area contributed by atoms with Crippen LogP contribution in [0, 0.1) is 0 Å². The van der Waals surface area contributed by atoms with Crippen LogP contribution in [0.15, 0.2) is 33.5 Å². The fourth-order valence-corrected chi connectivity index (χ4v) is 3.92. The molecule has 5 heteroatoms. The van der Waals surface area contributed by atoms with Crippen LogP contribution in [-0.4, -0.2) is 28.1 Å². The first-order valence-corrected chi connectivity index (χ1v) is 8.24. The van der Waals surface area contributed by atoms with Crippen LogP contribution in [-0.2, 0) is 9.92 Å². The highest BCUT2D eigenvalue weighted by atomic mass is 32.2. The molecule has 2 N–H and O–H groups in total. The average molecular weight is 283 g/mol. The number of anilines is 1. The van der Waals surface area contributed by atoms with Gasteiger partial charge in [-0.25, -0.2) is 12.9 Å². The molecule has 0 aliphatic carbocycles. The molecule has 0 saturated carbocycles. The Labute approximate surface area is 117 Å². The monoisotopic (exact) mass is 283 g/mol. The van der Waals surface area contributed by atoms with Crippen LogP contribution in [0.5, 0.6) is 0 Å². The summed E-state index contributed by atoms with van der Waals surface area (Å²) >= 11 is 0. The normalized spacial score (nSPS) is 16.1. The first-order chi connectivity index (χ1) is 8.93. The second-order valence-corrected chi connectivity index (χ2v) is 7.08. The summed E-state index contributed by atoms with van der Waals surface area (Å²) < 4.78 is 19.7. The molecule has 0 amide bonds. The predicted molar refractivity (Wildman–Crippen MR) is 82.4 cm³/mol. The van der Waals surface area contributed by atoms with Crippen molar-refractivity contribution in [1.82, 2.24) is 4.31 Å². The summed E-state index contributed by atoms with van der Waals surface area (Å²) in [6.07, 6.45) is 1.82. The number of nitrogens with two attached hydrogens (primary N) is 1. The van der Waals surface area contributed by atoms with Gasteiger partial charge in [0.05, 0.1) is 10.9 Å². The molecule has 2 unspecified atom stereocenters. The lowest BCUT2D eigenvalue weighted by Gasteiger charge is -2.23. The van der Waals surface area contributed by atoms with Crippen LogP contribution in [0.3, 0.4) is 0 Å². The van der Waals surface area contributed by atoms with Gasteiger partial charge in [0.25, 0.3) is 0 Å². The Bertz CT molecular complexity index is 504. The van der Waals surface area contributed by atoms with E-state index in [1.807, 2.05) is 30.4 Å². The van der Waals surface area contributed by atoms with Gasteiger partial charge in [0.2, 0.25) is 0 Å².